The summed E-state index contributed by atoms with van der Waals surface area (Å²) >= 11 is 0. The first kappa shape index (κ1) is 38.3. The van der Waals surface area contributed by atoms with E-state index < -0.39 is 0 Å². The molecular weight excluding hydrogens is 739 g/mol. The lowest BCUT2D eigenvalue weighted by molar-refractivity contribution is -0.139. The molecule has 0 radical (unpaired) electrons. The second kappa shape index (κ2) is 17.3. The minimum Gasteiger partial charge on any atom is -0.493 e. The molecule has 9 rings (SSSR count). The van der Waals surface area contributed by atoms with Gasteiger partial charge in [-0.05, 0) is 91.6 Å². The smallest absolute Gasteiger partial charge is 0.261 e. The number of ether oxygens (including phenoxy) is 2. The molecule has 11 heteroatoms. The molecule has 0 aliphatic carbocycles. The number of nitrogens with zero attached hydrogens (tertiary/aromatic N) is 5. The van der Waals surface area contributed by atoms with Gasteiger partial charge in [-0.15, -0.1) is 0 Å². The standard InChI is InChI=1S/C48H51N7O4/c1-58-42-16-6-7-17-43(42)59-32-44(56)54-28-10-14-40(54)46-49-30-38(51-46)35-22-18-33(19-23-35)34-20-24-36(25-21-34)39-31-50-47(52-39)41-15-11-29-55(41)48(57)45(37-12-4-2-5-13-37)53-26-8-3-9-27-53/h2,4-7,12-13,16-25,30-31,40-41,45H,3,8-11,14-15,26-29,32H2,1H3,(H,49,51)(H,50,52)/t40-,41-,45?/m0/s1. The van der Waals surface area contributed by atoms with Gasteiger partial charge in [-0.1, -0.05) is 97.4 Å². The minimum atomic E-state index is -0.262. The molecule has 3 aliphatic rings. The van der Waals surface area contributed by atoms with Crippen LogP contribution in [0.15, 0.2) is 116 Å². The van der Waals surface area contributed by atoms with Crippen molar-refractivity contribution in [2.24, 2.45) is 0 Å². The van der Waals surface area contributed by atoms with Crippen molar-refractivity contribution in [3.05, 3.63) is 133 Å². The third kappa shape index (κ3) is 8.12. The molecule has 59 heavy (non-hydrogen) atoms. The van der Waals surface area contributed by atoms with Crippen molar-refractivity contribution in [2.45, 2.75) is 63.1 Å². The number of carbonyl (C=O) groups is 2. The maximum Gasteiger partial charge on any atom is 0.261 e. The number of hydrogen-bond donors (Lipinski definition) is 2. The monoisotopic (exact) mass is 789 g/mol. The molecule has 2 N–H and O–H groups in total. The lowest BCUT2D eigenvalue weighted by Crippen LogP contribution is -2.44. The molecule has 3 saturated heterocycles. The highest BCUT2D eigenvalue weighted by Crippen LogP contribution is 2.37. The van der Waals surface area contributed by atoms with E-state index >= 15 is 0 Å². The number of aromatic amines is 2. The number of piperidine rings is 1. The number of likely N-dealkylation sites (tertiary alicyclic amines) is 3. The number of methoxy groups -OCH3 is 1. The van der Waals surface area contributed by atoms with E-state index in [9.17, 15) is 9.59 Å². The summed E-state index contributed by atoms with van der Waals surface area (Å²) in [6.45, 7) is 3.25. The van der Waals surface area contributed by atoms with Crippen LogP contribution in [0.3, 0.4) is 0 Å². The zero-order valence-corrected chi connectivity index (χ0v) is 33.6. The van der Waals surface area contributed by atoms with E-state index in [0.717, 1.165) is 109 Å². The number of amides is 2. The molecule has 302 valence electrons. The van der Waals surface area contributed by atoms with E-state index in [1.807, 2.05) is 53.7 Å². The zero-order valence-electron chi connectivity index (χ0n) is 33.6. The molecule has 6 aromatic rings. The molecule has 3 fully saturated rings. The number of aromatic nitrogens is 4. The molecule has 1 unspecified atom stereocenters. The molecule has 3 aliphatic heterocycles. The van der Waals surface area contributed by atoms with Crippen molar-refractivity contribution in [2.75, 3.05) is 39.9 Å². The Kier molecular flexibility index (Phi) is 11.3. The quantitative estimate of drug-likeness (QED) is 0.127. The maximum absolute atomic E-state index is 14.4. The summed E-state index contributed by atoms with van der Waals surface area (Å²) in [6, 6.07) is 34.1. The van der Waals surface area contributed by atoms with Crippen molar-refractivity contribution in [1.82, 2.24) is 34.6 Å². The number of H-pyrrole nitrogens is 2. The molecule has 0 bridgehead atoms. The number of benzene rings is 4. The molecule has 4 aromatic carbocycles. The average molecular weight is 790 g/mol. The molecule has 3 atom stereocenters. The summed E-state index contributed by atoms with van der Waals surface area (Å²) < 4.78 is 11.2. The minimum absolute atomic E-state index is 0.0633. The van der Waals surface area contributed by atoms with Crippen LogP contribution in [0.5, 0.6) is 11.5 Å². The van der Waals surface area contributed by atoms with E-state index in [-0.39, 0.29) is 36.5 Å². The predicted molar refractivity (Wildman–Crippen MR) is 228 cm³/mol. The highest BCUT2D eigenvalue weighted by molar-refractivity contribution is 5.84. The lowest BCUT2D eigenvalue weighted by Gasteiger charge is -2.37. The Morgan fingerprint density at radius 3 is 1.75 bits per heavy atom. The second-order valence-electron chi connectivity index (χ2n) is 15.8. The van der Waals surface area contributed by atoms with Crippen molar-refractivity contribution >= 4 is 11.8 Å². The lowest BCUT2D eigenvalue weighted by atomic mass is 10.00. The van der Waals surface area contributed by atoms with Crippen molar-refractivity contribution in [1.29, 1.82) is 0 Å². The van der Waals surface area contributed by atoms with Gasteiger partial charge in [0.2, 0.25) is 5.91 Å². The average Bonchev–Trinajstić information content (AvgIpc) is 4.14. The van der Waals surface area contributed by atoms with Gasteiger partial charge in [-0.2, -0.15) is 0 Å². The fourth-order valence-corrected chi connectivity index (χ4v) is 9.09. The van der Waals surface area contributed by atoms with Gasteiger partial charge in [0.25, 0.3) is 5.91 Å². The summed E-state index contributed by atoms with van der Waals surface area (Å²) in [4.78, 5) is 50.5. The number of imidazole rings is 2. The van der Waals surface area contributed by atoms with Crippen molar-refractivity contribution in [3.8, 4) is 45.1 Å². The Bertz CT molecular complexity index is 2350. The first-order valence-corrected chi connectivity index (χ1v) is 21.0. The van der Waals surface area contributed by atoms with Crippen LogP contribution < -0.4 is 9.47 Å². The normalized spacial score (nSPS) is 18.9. The Balaban J connectivity index is 0.839. The number of para-hydroxylation sites is 2. The van der Waals surface area contributed by atoms with Gasteiger partial charge in [0.15, 0.2) is 18.1 Å². The predicted octanol–water partition coefficient (Wildman–Crippen LogP) is 8.78. The van der Waals surface area contributed by atoms with E-state index in [1.165, 1.54) is 6.42 Å². The third-order valence-corrected chi connectivity index (χ3v) is 12.2. The summed E-state index contributed by atoms with van der Waals surface area (Å²) in [5.41, 5.74) is 7.21. The van der Waals surface area contributed by atoms with Gasteiger partial charge in [-0.25, -0.2) is 9.97 Å². The number of nitrogens with one attached hydrogen (secondary N) is 2. The Morgan fingerprint density at radius 1 is 0.627 bits per heavy atom. The molecule has 5 heterocycles. The summed E-state index contributed by atoms with van der Waals surface area (Å²) in [5, 5.41) is 0. The third-order valence-electron chi connectivity index (χ3n) is 12.2. The van der Waals surface area contributed by atoms with E-state index in [1.54, 1.807) is 13.2 Å². The summed E-state index contributed by atoms with van der Waals surface area (Å²) in [5.74, 6) is 2.89. The van der Waals surface area contributed by atoms with Crippen LogP contribution in [-0.2, 0) is 9.59 Å². The largest absolute Gasteiger partial charge is 0.493 e. The van der Waals surface area contributed by atoms with Crippen LogP contribution >= 0.6 is 0 Å². The first-order valence-electron chi connectivity index (χ1n) is 21.0. The van der Waals surface area contributed by atoms with Gasteiger partial charge < -0.3 is 29.2 Å². The molecule has 0 saturated carbocycles. The fraction of sp³-hybridized carbons (Fsp3) is 0.333. The van der Waals surface area contributed by atoms with Gasteiger partial charge in [0, 0.05) is 13.1 Å². The summed E-state index contributed by atoms with van der Waals surface area (Å²) in [6.07, 6.45) is 10.8. The highest BCUT2D eigenvalue weighted by Gasteiger charge is 2.39. The van der Waals surface area contributed by atoms with Gasteiger partial charge in [-0.3, -0.25) is 14.5 Å². The number of carbonyl (C=O) groups excluding carboxylic acids is 2. The summed E-state index contributed by atoms with van der Waals surface area (Å²) in [7, 11) is 1.59. The van der Waals surface area contributed by atoms with Crippen LogP contribution in [-0.4, -0.2) is 86.3 Å². The molecular formula is C48H51N7O4. The molecule has 11 nitrogen and oxygen atoms in total. The second-order valence-corrected chi connectivity index (χ2v) is 15.8. The zero-order chi connectivity index (χ0) is 40.1. The molecule has 0 spiro atoms. The Labute approximate surface area is 345 Å². The molecule has 2 aromatic heterocycles. The van der Waals surface area contributed by atoms with E-state index in [0.29, 0.717) is 18.0 Å². The fourth-order valence-electron chi connectivity index (χ4n) is 9.09. The highest BCUT2D eigenvalue weighted by atomic mass is 16.5. The van der Waals surface area contributed by atoms with E-state index in [2.05, 4.69) is 80.4 Å². The van der Waals surface area contributed by atoms with Crippen LogP contribution in [0.25, 0.3) is 33.6 Å². The van der Waals surface area contributed by atoms with Crippen LogP contribution in [0.1, 0.15) is 80.3 Å². The number of rotatable bonds is 12. The Hall–Kier alpha value is -6.20. The SMILES string of the molecule is COc1ccccc1OCC(=O)N1CCC[C@H]1c1ncc(-c2ccc(-c3ccc(-c4cnc([C@@H]5CCCN5C(=O)C(c5ccccc5)N5CCCCC5)[nH]4)cc3)cc2)[nH]1. The Morgan fingerprint density at radius 2 is 1.15 bits per heavy atom. The van der Waals surface area contributed by atoms with Gasteiger partial charge >= 0.3 is 0 Å². The maximum atomic E-state index is 14.4. The van der Waals surface area contributed by atoms with Crippen molar-refractivity contribution in [3.63, 3.8) is 0 Å². The first-order chi connectivity index (χ1) is 29.0. The number of hydrogen-bond acceptors (Lipinski definition) is 7. The van der Waals surface area contributed by atoms with Crippen LogP contribution in [0.4, 0.5) is 0 Å². The van der Waals surface area contributed by atoms with Crippen LogP contribution in [0.2, 0.25) is 0 Å². The van der Waals surface area contributed by atoms with Crippen LogP contribution in [0, 0.1) is 0 Å². The van der Waals surface area contributed by atoms with E-state index in [4.69, 9.17) is 19.4 Å². The van der Waals surface area contributed by atoms with Gasteiger partial charge in [0.1, 0.15) is 17.7 Å². The van der Waals surface area contributed by atoms with Crippen molar-refractivity contribution < 1.29 is 19.1 Å². The topological polar surface area (TPSA) is 120 Å². The molecule has 2 amide bonds. The van der Waals surface area contributed by atoms with Gasteiger partial charge in [0.05, 0.1) is 43.0 Å².